The van der Waals surface area contributed by atoms with Gasteiger partial charge in [0.1, 0.15) is 0 Å². The Hall–Kier alpha value is -0.450. The van der Waals surface area contributed by atoms with Crippen LogP contribution in [-0.2, 0) is 13.0 Å². The van der Waals surface area contributed by atoms with Gasteiger partial charge < -0.3 is 5.32 Å². The van der Waals surface area contributed by atoms with Gasteiger partial charge >= 0.3 is 0 Å². The molecule has 17 heavy (non-hydrogen) atoms. The van der Waals surface area contributed by atoms with Crippen molar-refractivity contribution >= 4 is 11.3 Å². The van der Waals surface area contributed by atoms with Gasteiger partial charge in [-0.2, -0.15) is 0 Å². The molecule has 4 heteroatoms. The molecule has 2 aliphatic heterocycles. The molecule has 2 saturated heterocycles. The van der Waals surface area contributed by atoms with Crippen LogP contribution in [0.4, 0.5) is 0 Å². The maximum Gasteiger partial charge on any atom is 0.0926 e. The SMILES string of the molecule is CCc1nc(CNC2CCN3CCCC23)cs1. The highest BCUT2D eigenvalue weighted by Crippen LogP contribution is 2.28. The third-order valence-corrected chi connectivity index (χ3v) is 5.10. The van der Waals surface area contributed by atoms with Crippen molar-refractivity contribution in [3.63, 3.8) is 0 Å². The second-order valence-electron chi connectivity index (χ2n) is 5.11. The lowest BCUT2D eigenvalue weighted by Gasteiger charge is -2.20. The van der Waals surface area contributed by atoms with Crippen molar-refractivity contribution in [3.8, 4) is 0 Å². The predicted octanol–water partition coefficient (Wildman–Crippen LogP) is 2.03. The van der Waals surface area contributed by atoms with Gasteiger partial charge in [-0.25, -0.2) is 4.98 Å². The van der Waals surface area contributed by atoms with Crippen LogP contribution < -0.4 is 5.32 Å². The molecule has 3 heterocycles. The average molecular weight is 251 g/mol. The van der Waals surface area contributed by atoms with Crippen molar-refractivity contribution < 1.29 is 0 Å². The largest absolute Gasteiger partial charge is 0.307 e. The van der Waals surface area contributed by atoms with Crippen molar-refractivity contribution in [1.82, 2.24) is 15.2 Å². The molecule has 0 bridgehead atoms. The number of aromatic nitrogens is 1. The van der Waals surface area contributed by atoms with E-state index in [0.717, 1.165) is 19.0 Å². The molecule has 0 aliphatic carbocycles. The van der Waals surface area contributed by atoms with E-state index in [-0.39, 0.29) is 0 Å². The molecule has 0 aromatic carbocycles. The third kappa shape index (κ3) is 2.39. The smallest absolute Gasteiger partial charge is 0.0926 e. The van der Waals surface area contributed by atoms with Gasteiger partial charge in [0.15, 0.2) is 0 Å². The van der Waals surface area contributed by atoms with E-state index in [2.05, 4.69) is 27.5 Å². The lowest BCUT2D eigenvalue weighted by Crippen LogP contribution is -2.38. The zero-order valence-corrected chi connectivity index (χ0v) is 11.3. The van der Waals surface area contributed by atoms with Crippen LogP contribution in [-0.4, -0.2) is 35.1 Å². The van der Waals surface area contributed by atoms with Gasteiger partial charge in [0.2, 0.25) is 0 Å². The number of hydrogen-bond acceptors (Lipinski definition) is 4. The van der Waals surface area contributed by atoms with Gasteiger partial charge in [0.25, 0.3) is 0 Å². The fourth-order valence-electron chi connectivity index (χ4n) is 3.15. The van der Waals surface area contributed by atoms with Crippen LogP contribution >= 0.6 is 11.3 Å². The number of nitrogens with one attached hydrogen (secondary N) is 1. The molecule has 94 valence electrons. The van der Waals surface area contributed by atoms with E-state index in [9.17, 15) is 0 Å². The Morgan fingerprint density at radius 2 is 2.41 bits per heavy atom. The topological polar surface area (TPSA) is 28.2 Å². The lowest BCUT2D eigenvalue weighted by molar-refractivity contribution is 0.298. The highest BCUT2D eigenvalue weighted by Gasteiger charge is 2.36. The Balaban J connectivity index is 1.54. The number of hydrogen-bond donors (Lipinski definition) is 1. The maximum atomic E-state index is 4.62. The number of aryl methyl sites for hydroxylation is 1. The van der Waals surface area contributed by atoms with Gasteiger partial charge in [-0.3, -0.25) is 4.90 Å². The molecule has 0 spiro atoms. The summed E-state index contributed by atoms with van der Waals surface area (Å²) >= 11 is 1.79. The highest BCUT2D eigenvalue weighted by atomic mass is 32.1. The fourth-order valence-corrected chi connectivity index (χ4v) is 3.89. The lowest BCUT2D eigenvalue weighted by atomic mass is 10.1. The van der Waals surface area contributed by atoms with Crippen molar-refractivity contribution in [2.45, 2.75) is 51.2 Å². The average Bonchev–Trinajstić information content (AvgIpc) is 3.03. The van der Waals surface area contributed by atoms with Gasteiger partial charge in [-0.05, 0) is 32.2 Å². The normalized spacial score (nSPS) is 28.8. The Morgan fingerprint density at radius 3 is 3.24 bits per heavy atom. The molecule has 1 aromatic rings. The predicted molar refractivity (Wildman–Crippen MR) is 71.3 cm³/mol. The molecule has 2 aliphatic rings. The van der Waals surface area contributed by atoms with Crippen molar-refractivity contribution in [3.05, 3.63) is 16.1 Å². The van der Waals surface area contributed by atoms with E-state index in [4.69, 9.17) is 0 Å². The molecular formula is C13H21N3S. The van der Waals surface area contributed by atoms with Crippen molar-refractivity contribution in [1.29, 1.82) is 0 Å². The van der Waals surface area contributed by atoms with E-state index >= 15 is 0 Å². The second kappa shape index (κ2) is 5.04. The first-order valence-corrected chi connectivity index (χ1v) is 7.65. The van der Waals surface area contributed by atoms with Crippen molar-refractivity contribution in [2.24, 2.45) is 0 Å². The first-order valence-electron chi connectivity index (χ1n) is 6.77. The number of fused-ring (bicyclic) bond motifs is 1. The van der Waals surface area contributed by atoms with Crippen LogP contribution in [0.2, 0.25) is 0 Å². The van der Waals surface area contributed by atoms with Crippen LogP contribution in [0.1, 0.15) is 36.9 Å². The number of thiazole rings is 1. The monoisotopic (exact) mass is 251 g/mol. The third-order valence-electron chi connectivity index (χ3n) is 4.05. The number of nitrogens with zero attached hydrogens (tertiary/aromatic N) is 2. The van der Waals surface area contributed by atoms with Crippen LogP contribution in [0.5, 0.6) is 0 Å². The summed E-state index contributed by atoms with van der Waals surface area (Å²) in [6.07, 6.45) is 5.15. The molecule has 2 fully saturated rings. The maximum absolute atomic E-state index is 4.62. The molecule has 2 atom stereocenters. The van der Waals surface area contributed by atoms with Crippen LogP contribution in [0.15, 0.2) is 5.38 Å². The molecule has 0 radical (unpaired) electrons. The van der Waals surface area contributed by atoms with Crippen LogP contribution in [0.3, 0.4) is 0 Å². The summed E-state index contributed by atoms with van der Waals surface area (Å²) in [6, 6.07) is 1.50. The quantitative estimate of drug-likeness (QED) is 0.887. The highest BCUT2D eigenvalue weighted by molar-refractivity contribution is 7.09. The summed E-state index contributed by atoms with van der Waals surface area (Å²) in [5, 5.41) is 7.17. The molecule has 3 rings (SSSR count). The van der Waals surface area contributed by atoms with Crippen LogP contribution in [0, 0.1) is 0 Å². The standard InChI is InChI=1S/C13H21N3S/c1-2-13-15-10(9-17-13)8-14-11-5-7-16-6-3-4-12(11)16/h9,11-12,14H,2-8H2,1H3. The Kier molecular flexibility index (Phi) is 3.45. The minimum atomic E-state index is 0.698. The van der Waals surface area contributed by atoms with Gasteiger partial charge in [0, 0.05) is 30.6 Å². The Morgan fingerprint density at radius 1 is 1.47 bits per heavy atom. The van der Waals surface area contributed by atoms with E-state index in [1.807, 2.05) is 0 Å². The fraction of sp³-hybridized carbons (Fsp3) is 0.769. The summed E-state index contributed by atoms with van der Waals surface area (Å²) in [6.45, 7) is 5.73. The molecule has 1 aromatic heterocycles. The zero-order valence-electron chi connectivity index (χ0n) is 10.5. The van der Waals surface area contributed by atoms with Gasteiger partial charge in [0.05, 0.1) is 10.7 Å². The first kappa shape index (κ1) is 11.6. The second-order valence-corrected chi connectivity index (χ2v) is 6.05. The summed E-state index contributed by atoms with van der Waals surface area (Å²) < 4.78 is 0. The Bertz CT molecular complexity index is 376. The number of rotatable bonds is 4. The molecule has 1 N–H and O–H groups in total. The molecular weight excluding hydrogens is 230 g/mol. The molecule has 0 saturated carbocycles. The van der Waals surface area contributed by atoms with E-state index < -0.39 is 0 Å². The zero-order chi connectivity index (χ0) is 11.7. The van der Waals surface area contributed by atoms with Gasteiger partial charge in [-0.15, -0.1) is 11.3 Å². The summed E-state index contributed by atoms with van der Waals surface area (Å²) in [5.41, 5.74) is 1.23. The van der Waals surface area contributed by atoms with Crippen molar-refractivity contribution in [2.75, 3.05) is 13.1 Å². The summed E-state index contributed by atoms with van der Waals surface area (Å²) in [4.78, 5) is 7.27. The van der Waals surface area contributed by atoms with E-state index in [0.29, 0.717) is 6.04 Å². The first-order chi connectivity index (χ1) is 8.36. The summed E-state index contributed by atoms with van der Waals surface area (Å²) in [7, 11) is 0. The van der Waals surface area contributed by atoms with E-state index in [1.165, 1.54) is 43.1 Å². The molecule has 3 nitrogen and oxygen atoms in total. The van der Waals surface area contributed by atoms with E-state index in [1.54, 1.807) is 11.3 Å². The summed E-state index contributed by atoms with van der Waals surface area (Å²) in [5.74, 6) is 0. The van der Waals surface area contributed by atoms with Gasteiger partial charge in [-0.1, -0.05) is 6.92 Å². The molecule has 0 amide bonds. The molecule has 2 unspecified atom stereocenters. The minimum absolute atomic E-state index is 0.698. The Labute approximate surface area is 107 Å². The van der Waals surface area contributed by atoms with Crippen LogP contribution in [0.25, 0.3) is 0 Å². The minimum Gasteiger partial charge on any atom is -0.307 e.